The summed E-state index contributed by atoms with van der Waals surface area (Å²) in [6, 6.07) is 10.2. The van der Waals surface area contributed by atoms with Gasteiger partial charge in [-0.1, -0.05) is 58.0 Å². The normalized spacial score (nSPS) is 35.8. The smallest absolute Gasteiger partial charge is 0.190 e. The average Bonchev–Trinajstić information content (AvgIpc) is 3.00. The zero-order valence-electron chi connectivity index (χ0n) is 15.4. The molecule has 3 rings (SSSR count). The van der Waals surface area contributed by atoms with Gasteiger partial charge in [-0.25, -0.2) is 0 Å². The maximum absolute atomic E-state index is 6.27. The summed E-state index contributed by atoms with van der Waals surface area (Å²) in [5.74, 6) is 0.185. The summed E-state index contributed by atoms with van der Waals surface area (Å²) in [4.78, 5) is 0. The van der Waals surface area contributed by atoms with Gasteiger partial charge in [0, 0.05) is 5.92 Å². The Bertz CT molecular complexity index is 530. The van der Waals surface area contributed by atoms with Crippen molar-refractivity contribution < 1.29 is 18.9 Å². The van der Waals surface area contributed by atoms with Crippen LogP contribution in [0, 0.1) is 11.8 Å². The largest absolute Gasteiger partial charge is 0.368 e. The van der Waals surface area contributed by atoms with E-state index >= 15 is 0 Å². The Labute approximate surface area is 145 Å². The molecule has 0 saturated carbocycles. The van der Waals surface area contributed by atoms with Crippen LogP contribution in [0.1, 0.15) is 46.6 Å². The van der Waals surface area contributed by atoms with Crippen LogP contribution in [-0.2, 0) is 25.6 Å². The Morgan fingerprint density at radius 2 is 1.79 bits per heavy atom. The molecular formula is C20H30O4. The van der Waals surface area contributed by atoms with E-state index in [1.807, 2.05) is 25.1 Å². The summed E-state index contributed by atoms with van der Waals surface area (Å²) in [5, 5.41) is 0. The summed E-state index contributed by atoms with van der Waals surface area (Å²) in [6.45, 7) is 11.2. The molecule has 0 radical (unpaired) electrons. The van der Waals surface area contributed by atoms with Crippen molar-refractivity contribution in [1.82, 2.24) is 0 Å². The molecule has 0 aliphatic carbocycles. The Morgan fingerprint density at radius 1 is 1.08 bits per heavy atom. The van der Waals surface area contributed by atoms with Gasteiger partial charge in [-0.05, 0) is 24.8 Å². The first kappa shape index (κ1) is 17.9. The second-order valence-electron chi connectivity index (χ2n) is 7.80. The van der Waals surface area contributed by atoms with Crippen LogP contribution >= 0.6 is 0 Å². The fraction of sp³-hybridized carbons (Fsp3) is 0.700. The third-order valence-electron chi connectivity index (χ3n) is 5.03. The molecule has 4 heteroatoms. The van der Waals surface area contributed by atoms with E-state index in [1.165, 1.54) is 0 Å². The predicted molar refractivity (Wildman–Crippen MR) is 92.3 cm³/mol. The topological polar surface area (TPSA) is 36.9 Å². The molecule has 1 aromatic rings. The van der Waals surface area contributed by atoms with Gasteiger partial charge in [-0.2, -0.15) is 0 Å². The number of rotatable bonds is 6. The summed E-state index contributed by atoms with van der Waals surface area (Å²) in [7, 11) is 0. The summed E-state index contributed by atoms with van der Waals surface area (Å²) < 4.78 is 24.8. The highest BCUT2D eigenvalue weighted by Crippen LogP contribution is 2.43. The van der Waals surface area contributed by atoms with Crippen molar-refractivity contribution in [3.63, 3.8) is 0 Å². The lowest BCUT2D eigenvalue weighted by Gasteiger charge is -2.31. The van der Waals surface area contributed by atoms with E-state index in [4.69, 9.17) is 18.9 Å². The molecule has 24 heavy (non-hydrogen) atoms. The van der Waals surface area contributed by atoms with Gasteiger partial charge in [0.2, 0.25) is 0 Å². The minimum Gasteiger partial charge on any atom is -0.368 e. The highest BCUT2D eigenvalue weighted by Gasteiger charge is 2.57. The van der Waals surface area contributed by atoms with Gasteiger partial charge >= 0.3 is 0 Å². The number of fused-ring (bicyclic) bond motifs is 1. The van der Waals surface area contributed by atoms with Crippen LogP contribution in [0.4, 0.5) is 0 Å². The molecule has 2 fully saturated rings. The van der Waals surface area contributed by atoms with Crippen LogP contribution in [0.2, 0.25) is 0 Å². The quantitative estimate of drug-likeness (QED) is 0.784. The summed E-state index contributed by atoms with van der Waals surface area (Å²) in [5.41, 5.74) is 1.16. The molecule has 0 amide bonds. The third-order valence-corrected chi connectivity index (χ3v) is 5.03. The zero-order chi connectivity index (χ0) is 17.3. The standard InChI is InChI=1S/C20H30O4/c1-13(2)11-16-17(21-12-15-9-7-6-8-10-15)18-19(22-16)24-20(5,23-18)14(3)4/h6-10,13-14,16-19H,11-12H2,1-5H3/t16-,17+,18-,19-,20?/m1/s1. The summed E-state index contributed by atoms with van der Waals surface area (Å²) >= 11 is 0. The first-order chi connectivity index (χ1) is 11.4. The van der Waals surface area contributed by atoms with E-state index in [0.29, 0.717) is 12.5 Å². The van der Waals surface area contributed by atoms with Crippen LogP contribution in [-0.4, -0.2) is 30.4 Å². The molecule has 0 bridgehead atoms. The Morgan fingerprint density at radius 3 is 2.42 bits per heavy atom. The van der Waals surface area contributed by atoms with Crippen LogP contribution in [0.15, 0.2) is 30.3 Å². The van der Waals surface area contributed by atoms with Crippen molar-refractivity contribution in [3.05, 3.63) is 35.9 Å². The minimum atomic E-state index is -0.605. The Kier molecular flexibility index (Phi) is 5.30. The molecule has 0 spiro atoms. The van der Waals surface area contributed by atoms with Crippen molar-refractivity contribution >= 4 is 0 Å². The molecule has 1 unspecified atom stereocenters. The van der Waals surface area contributed by atoms with Crippen molar-refractivity contribution in [1.29, 1.82) is 0 Å². The van der Waals surface area contributed by atoms with E-state index in [-0.39, 0.29) is 30.5 Å². The minimum absolute atomic E-state index is 0.0143. The first-order valence-electron chi connectivity index (χ1n) is 9.05. The van der Waals surface area contributed by atoms with Gasteiger partial charge in [0.1, 0.15) is 12.2 Å². The number of hydrogen-bond acceptors (Lipinski definition) is 4. The van der Waals surface area contributed by atoms with Gasteiger partial charge in [0.15, 0.2) is 12.1 Å². The van der Waals surface area contributed by atoms with Crippen LogP contribution in [0.3, 0.4) is 0 Å². The Hall–Kier alpha value is -0.940. The number of hydrogen-bond donors (Lipinski definition) is 0. The molecule has 2 heterocycles. The summed E-state index contributed by atoms with van der Waals surface area (Å²) in [6.07, 6.45) is 0.364. The molecule has 1 aromatic carbocycles. The number of benzene rings is 1. The van der Waals surface area contributed by atoms with E-state index < -0.39 is 5.79 Å². The molecule has 0 aromatic heterocycles. The van der Waals surface area contributed by atoms with E-state index in [1.54, 1.807) is 0 Å². The van der Waals surface area contributed by atoms with Crippen molar-refractivity contribution in [3.8, 4) is 0 Å². The lowest BCUT2D eigenvalue weighted by molar-refractivity contribution is -0.248. The fourth-order valence-electron chi connectivity index (χ4n) is 3.33. The lowest BCUT2D eigenvalue weighted by Crippen LogP contribution is -2.40. The second-order valence-corrected chi connectivity index (χ2v) is 7.80. The maximum Gasteiger partial charge on any atom is 0.190 e. The SMILES string of the molecule is CC(C)C[C@H]1O[C@@H]2OC(C)(C(C)C)O[C@@H]2[C@H]1OCc1ccccc1. The zero-order valence-corrected chi connectivity index (χ0v) is 15.4. The number of ether oxygens (including phenoxy) is 4. The van der Waals surface area contributed by atoms with Crippen molar-refractivity contribution in [2.75, 3.05) is 0 Å². The first-order valence-corrected chi connectivity index (χ1v) is 9.05. The van der Waals surface area contributed by atoms with Gasteiger partial charge in [0.25, 0.3) is 0 Å². The molecule has 5 atom stereocenters. The van der Waals surface area contributed by atoms with E-state index in [9.17, 15) is 0 Å². The Balaban J connectivity index is 1.71. The molecular weight excluding hydrogens is 304 g/mol. The second kappa shape index (κ2) is 7.12. The van der Waals surface area contributed by atoms with E-state index in [0.717, 1.165) is 12.0 Å². The van der Waals surface area contributed by atoms with Gasteiger partial charge in [-0.15, -0.1) is 0 Å². The molecule has 0 N–H and O–H groups in total. The van der Waals surface area contributed by atoms with Crippen LogP contribution < -0.4 is 0 Å². The third kappa shape index (κ3) is 3.67. The van der Waals surface area contributed by atoms with Gasteiger partial charge in [0.05, 0.1) is 12.7 Å². The highest BCUT2D eigenvalue weighted by molar-refractivity contribution is 5.13. The molecule has 2 aliphatic rings. The lowest BCUT2D eigenvalue weighted by atomic mass is 10.00. The van der Waals surface area contributed by atoms with E-state index in [2.05, 4.69) is 39.8 Å². The van der Waals surface area contributed by atoms with Crippen molar-refractivity contribution in [2.45, 2.75) is 78.0 Å². The van der Waals surface area contributed by atoms with Gasteiger partial charge < -0.3 is 18.9 Å². The average molecular weight is 334 g/mol. The fourth-order valence-corrected chi connectivity index (χ4v) is 3.33. The van der Waals surface area contributed by atoms with Crippen molar-refractivity contribution in [2.24, 2.45) is 11.8 Å². The van der Waals surface area contributed by atoms with Gasteiger partial charge in [-0.3, -0.25) is 0 Å². The molecule has 2 saturated heterocycles. The predicted octanol–water partition coefficient (Wildman–Crippen LogP) is 4.13. The monoisotopic (exact) mass is 334 g/mol. The molecule has 2 aliphatic heterocycles. The maximum atomic E-state index is 6.27. The van der Waals surface area contributed by atoms with Crippen LogP contribution in [0.5, 0.6) is 0 Å². The highest BCUT2D eigenvalue weighted by atomic mass is 16.8. The molecule has 4 nitrogen and oxygen atoms in total. The molecule has 134 valence electrons. The van der Waals surface area contributed by atoms with Crippen LogP contribution in [0.25, 0.3) is 0 Å².